The summed E-state index contributed by atoms with van der Waals surface area (Å²) in [5.41, 5.74) is 1.08. The number of rotatable bonds is 4. The summed E-state index contributed by atoms with van der Waals surface area (Å²) in [7, 11) is 0. The quantitative estimate of drug-likeness (QED) is 0.754. The Morgan fingerprint density at radius 1 is 1.46 bits per heavy atom. The van der Waals surface area contributed by atoms with Crippen LogP contribution in [0.2, 0.25) is 0 Å². The monoisotopic (exact) mass is 177 g/mol. The van der Waals surface area contributed by atoms with Gasteiger partial charge in [0.15, 0.2) is 0 Å². The molecule has 1 N–H and O–H groups in total. The topological polar surface area (TPSA) is 37.8 Å². The lowest BCUT2D eigenvalue weighted by Crippen LogP contribution is -2.27. The summed E-state index contributed by atoms with van der Waals surface area (Å²) in [6, 6.07) is 1.95. The van der Waals surface area contributed by atoms with E-state index in [2.05, 4.69) is 15.3 Å². The largest absolute Gasteiger partial charge is 0.311 e. The lowest BCUT2D eigenvalue weighted by atomic mass is 9.85. The molecule has 1 fully saturated rings. The lowest BCUT2D eigenvalue weighted by molar-refractivity contribution is 0.301. The maximum atomic E-state index is 4.15. The highest BCUT2D eigenvalue weighted by Crippen LogP contribution is 2.25. The standard InChI is InChI=1S/C10H15N3/c1-2-9(3-1)6-12-7-10-4-5-11-8-13-10/h4-5,8-9,12H,1-3,6-7H2. The maximum Gasteiger partial charge on any atom is 0.115 e. The molecular weight excluding hydrogens is 162 g/mol. The Labute approximate surface area is 78.6 Å². The molecule has 0 unspecified atom stereocenters. The molecule has 0 aromatic carbocycles. The van der Waals surface area contributed by atoms with Gasteiger partial charge in [-0.15, -0.1) is 0 Å². The fraction of sp³-hybridized carbons (Fsp3) is 0.600. The molecule has 2 rings (SSSR count). The first-order valence-corrected chi connectivity index (χ1v) is 4.91. The van der Waals surface area contributed by atoms with Gasteiger partial charge in [-0.05, 0) is 31.4 Å². The third kappa shape index (κ3) is 2.49. The number of hydrogen-bond donors (Lipinski definition) is 1. The van der Waals surface area contributed by atoms with Crippen molar-refractivity contribution in [1.82, 2.24) is 15.3 Å². The molecule has 0 aliphatic heterocycles. The minimum Gasteiger partial charge on any atom is -0.311 e. The van der Waals surface area contributed by atoms with Gasteiger partial charge in [-0.1, -0.05) is 6.42 Å². The van der Waals surface area contributed by atoms with E-state index in [1.807, 2.05) is 6.07 Å². The molecule has 0 amide bonds. The second kappa shape index (κ2) is 4.33. The fourth-order valence-electron chi connectivity index (χ4n) is 1.52. The number of aromatic nitrogens is 2. The van der Waals surface area contributed by atoms with E-state index >= 15 is 0 Å². The van der Waals surface area contributed by atoms with Gasteiger partial charge in [-0.3, -0.25) is 0 Å². The van der Waals surface area contributed by atoms with E-state index in [4.69, 9.17) is 0 Å². The molecule has 13 heavy (non-hydrogen) atoms. The second-order valence-electron chi connectivity index (χ2n) is 3.63. The van der Waals surface area contributed by atoms with Crippen LogP contribution in [0, 0.1) is 5.92 Å². The minimum absolute atomic E-state index is 0.874. The Kier molecular flexibility index (Phi) is 2.87. The van der Waals surface area contributed by atoms with E-state index in [9.17, 15) is 0 Å². The first kappa shape index (κ1) is 8.63. The molecule has 1 heterocycles. The molecule has 0 spiro atoms. The van der Waals surface area contributed by atoms with Gasteiger partial charge in [-0.2, -0.15) is 0 Å². The Morgan fingerprint density at radius 3 is 3.00 bits per heavy atom. The zero-order chi connectivity index (χ0) is 8.93. The molecule has 3 heteroatoms. The van der Waals surface area contributed by atoms with Crippen LogP contribution in [0.25, 0.3) is 0 Å². The van der Waals surface area contributed by atoms with Crippen LogP contribution in [-0.2, 0) is 6.54 Å². The summed E-state index contributed by atoms with van der Waals surface area (Å²) in [5.74, 6) is 0.918. The summed E-state index contributed by atoms with van der Waals surface area (Å²) in [5, 5.41) is 3.41. The van der Waals surface area contributed by atoms with Crippen molar-refractivity contribution < 1.29 is 0 Å². The predicted octanol–water partition coefficient (Wildman–Crippen LogP) is 1.37. The Hall–Kier alpha value is -0.960. The lowest BCUT2D eigenvalue weighted by Gasteiger charge is -2.25. The zero-order valence-electron chi connectivity index (χ0n) is 7.74. The molecule has 0 atom stereocenters. The molecule has 0 radical (unpaired) electrons. The van der Waals surface area contributed by atoms with Crippen molar-refractivity contribution in [3.8, 4) is 0 Å². The van der Waals surface area contributed by atoms with E-state index in [1.165, 1.54) is 19.3 Å². The van der Waals surface area contributed by atoms with Crippen LogP contribution >= 0.6 is 0 Å². The first-order chi connectivity index (χ1) is 6.45. The average Bonchev–Trinajstić information content (AvgIpc) is 2.11. The highest BCUT2D eigenvalue weighted by Gasteiger charge is 2.16. The van der Waals surface area contributed by atoms with Gasteiger partial charge >= 0.3 is 0 Å². The maximum absolute atomic E-state index is 4.15. The van der Waals surface area contributed by atoms with Crippen LogP contribution in [0.5, 0.6) is 0 Å². The second-order valence-corrected chi connectivity index (χ2v) is 3.63. The molecule has 1 aromatic rings. The summed E-state index contributed by atoms with van der Waals surface area (Å²) < 4.78 is 0. The molecule has 1 saturated carbocycles. The number of nitrogens with zero attached hydrogens (tertiary/aromatic N) is 2. The van der Waals surface area contributed by atoms with Crippen molar-refractivity contribution in [3.05, 3.63) is 24.3 Å². The molecule has 0 saturated heterocycles. The Balaban J connectivity index is 1.67. The molecule has 1 aliphatic rings. The van der Waals surface area contributed by atoms with Gasteiger partial charge in [0.2, 0.25) is 0 Å². The van der Waals surface area contributed by atoms with Gasteiger partial charge in [0.05, 0.1) is 5.69 Å². The van der Waals surface area contributed by atoms with Crippen LogP contribution in [0.3, 0.4) is 0 Å². The van der Waals surface area contributed by atoms with Crippen LogP contribution in [0.4, 0.5) is 0 Å². The van der Waals surface area contributed by atoms with Crippen LogP contribution in [0.1, 0.15) is 25.0 Å². The van der Waals surface area contributed by atoms with Crippen molar-refractivity contribution in [2.75, 3.05) is 6.54 Å². The van der Waals surface area contributed by atoms with Gasteiger partial charge in [0, 0.05) is 12.7 Å². The predicted molar refractivity (Wildman–Crippen MR) is 51.1 cm³/mol. The van der Waals surface area contributed by atoms with Crippen molar-refractivity contribution in [1.29, 1.82) is 0 Å². The van der Waals surface area contributed by atoms with Crippen molar-refractivity contribution in [2.45, 2.75) is 25.8 Å². The van der Waals surface area contributed by atoms with E-state index < -0.39 is 0 Å². The normalized spacial score (nSPS) is 16.9. The zero-order valence-corrected chi connectivity index (χ0v) is 7.74. The van der Waals surface area contributed by atoms with Crippen LogP contribution in [-0.4, -0.2) is 16.5 Å². The van der Waals surface area contributed by atoms with Crippen LogP contribution in [0.15, 0.2) is 18.6 Å². The molecule has 0 bridgehead atoms. The van der Waals surface area contributed by atoms with Crippen LogP contribution < -0.4 is 5.32 Å². The summed E-state index contributed by atoms with van der Waals surface area (Å²) in [6.07, 6.45) is 7.60. The van der Waals surface area contributed by atoms with E-state index in [0.717, 1.165) is 24.7 Å². The highest BCUT2D eigenvalue weighted by molar-refractivity contribution is 4.96. The molecule has 1 aromatic heterocycles. The third-order valence-electron chi connectivity index (χ3n) is 2.61. The van der Waals surface area contributed by atoms with Crippen molar-refractivity contribution >= 4 is 0 Å². The fourth-order valence-corrected chi connectivity index (χ4v) is 1.52. The van der Waals surface area contributed by atoms with E-state index in [1.54, 1.807) is 12.5 Å². The van der Waals surface area contributed by atoms with Gasteiger partial charge in [0.1, 0.15) is 6.33 Å². The molecular formula is C10H15N3. The van der Waals surface area contributed by atoms with Gasteiger partial charge in [-0.25, -0.2) is 9.97 Å². The number of nitrogens with one attached hydrogen (secondary N) is 1. The molecule has 70 valence electrons. The molecule has 1 aliphatic carbocycles. The van der Waals surface area contributed by atoms with Gasteiger partial charge in [0.25, 0.3) is 0 Å². The van der Waals surface area contributed by atoms with Crippen molar-refractivity contribution in [2.24, 2.45) is 5.92 Å². The summed E-state index contributed by atoms with van der Waals surface area (Å²) in [6.45, 7) is 2.02. The Bertz CT molecular complexity index is 244. The van der Waals surface area contributed by atoms with E-state index in [-0.39, 0.29) is 0 Å². The van der Waals surface area contributed by atoms with Crippen molar-refractivity contribution in [3.63, 3.8) is 0 Å². The minimum atomic E-state index is 0.874. The highest BCUT2D eigenvalue weighted by atomic mass is 14.9. The van der Waals surface area contributed by atoms with E-state index in [0.29, 0.717) is 0 Å². The number of hydrogen-bond acceptors (Lipinski definition) is 3. The molecule has 3 nitrogen and oxygen atoms in total. The summed E-state index contributed by atoms with van der Waals surface area (Å²) >= 11 is 0. The first-order valence-electron chi connectivity index (χ1n) is 4.91. The SMILES string of the molecule is c1cc(CNCC2CCC2)ncn1. The van der Waals surface area contributed by atoms with Gasteiger partial charge < -0.3 is 5.32 Å². The Morgan fingerprint density at radius 2 is 2.38 bits per heavy atom. The summed E-state index contributed by atoms with van der Waals surface area (Å²) in [4.78, 5) is 8.02. The third-order valence-corrected chi connectivity index (χ3v) is 2.61. The smallest absolute Gasteiger partial charge is 0.115 e. The average molecular weight is 177 g/mol.